The average Bonchev–Trinajstić information content (AvgIpc) is 2.83. The summed E-state index contributed by atoms with van der Waals surface area (Å²) < 4.78 is 2.26. The summed E-state index contributed by atoms with van der Waals surface area (Å²) in [6, 6.07) is 8.47. The Morgan fingerprint density at radius 1 is 1.33 bits per heavy atom. The first-order chi connectivity index (χ1) is 8.79. The van der Waals surface area contributed by atoms with Gasteiger partial charge in [-0.15, -0.1) is 0 Å². The summed E-state index contributed by atoms with van der Waals surface area (Å²) in [6.45, 7) is 3.32. The van der Waals surface area contributed by atoms with Crippen molar-refractivity contribution in [1.82, 2.24) is 9.55 Å². The van der Waals surface area contributed by atoms with Gasteiger partial charge in [-0.05, 0) is 19.8 Å². The lowest BCUT2D eigenvalue weighted by Crippen LogP contribution is -2.18. The van der Waals surface area contributed by atoms with E-state index in [0.29, 0.717) is 0 Å². The summed E-state index contributed by atoms with van der Waals surface area (Å²) in [5.74, 6) is 1.29. The molecule has 0 fully saturated rings. The lowest BCUT2D eigenvalue weighted by Gasteiger charge is -2.23. The molecule has 1 unspecified atom stereocenters. The predicted octanol–water partition coefficient (Wildman–Crippen LogP) is 2.73. The highest BCUT2D eigenvalue weighted by molar-refractivity contribution is 5.57. The van der Waals surface area contributed by atoms with Crippen molar-refractivity contribution in [1.29, 1.82) is 0 Å². The zero-order valence-electron chi connectivity index (χ0n) is 10.6. The highest BCUT2D eigenvalue weighted by Gasteiger charge is 2.23. The number of aromatic nitrogens is 2. The van der Waals surface area contributed by atoms with Crippen molar-refractivity contribution in [3.05, 3.63) is 41.7 Å². The van der Waals surface area contributed by atoms with Crippen molar-refractivity contribution in [3.8, 4) is 11.4 Å². The molecule has 18 heavy (non-hydrogen) atoms. The molecular weight excluding hydrogens is 224 g/mol. The van der Waals surface area contributed by atoms with Gasteiger partial charge in [-0.2, -0.15) is 0 Å². The number of hydrogen-bond donors (Lipinski definition) is 1. The van der Waals surface area contributed by atoms with Crippen LogP contribution >= 0.6 is 0 Å². The van der Waals surface area contributed by atoms with E-state index in [9.17, 15) is 5.11 Å². The fourth-order valence-electron chi connectivity index (χ4n) is 2.71. The first-order valence-electron chi connectivity index (χ1n) is 6.53. The van der Waals surface area contributed by atoms with E-state index < -0.39 is 0 Å². The molecule has 3 heteroatoms. The minimum atomic E-state index is 0.221. The Bertz CT molecular complexity index is 542. The van der Waals surface area contributed by atoms with Crippen molar-refractivity contribution in [2.75, 3.05) is 6.61 Å². The van der Waals surface area contributed by atoms with Gasteiger partial charge in [0.2, 0.25) is 0 Å². The molecule has 1 N–H and O–H groups in total. The second-order valence-electron chi connectivity index (χ2n) is 5.05. The van der Waals surface area contributed by atoms with Crippen LogP contribution < -0.4 is 0 Å². The van der Waals surface area contributed by atoms with E-state index in [1.807, 2.05) is 6.20 Å². The third-order valence-electron chi connectivity index (χ3n) is 3.77. The van der Waals surface area contributed by atoms with Crippen LogP contribution in [0.25, 0.3) is 11.4 Å². The molecule has 2 heterocycles. The summed E-state index contributed by atoms with van der Waals surface area (Å²) in [4.78, 5) is 4.55. The van der Waals surface area contributed by atoms with Crippen LogP contribution in [-0.4, -0.2) is 21.3 Å². The monoisotopic (exact) mass is 242 g/mol. The van der Waals surface area contributed by atoms with Gasteiger partial charge in [0.1, 0.15) is 5.82 Å². The van der Waals surface area contributed by atoms with E-state index in [4.69, 9.17) is 0 Å². The molecule has 1 aliphatic heterocycles. The van der Waals surface area contributed by atoms with Gasteiger partial charge in [-0.25, -0.2) is 4.98 Å². The lowest BCUT2D eigenvalue weighted by molar-refractivity contribution is 0.241. The predicted molar refractivity (Wildman–Crippen MR) is 71.5 cm³/mol. The Morgan fingerprint density at radius 2 is 2.11 bits per heavy atom. The first kappa shape index (κ1) is 11.5. The molecular formula is C15H18N2O. The van der Waals surface area contributed by atoms with Crippen LogP contribution in [0.2, 0.25) is 0 Å². The van der Waals surface area contributed by atoms with Crippen LogP contribution in [0.4, 0.5) is 0 Å². The maximum atomic E-state index is 9.41. The smallest absolute Gasteiger partial charge is 0.140 e. The number of fused-ring (bicyclic) bond motifs is 1. The maximum Gasteiger partial charge on any atom is 0.140 e. The fraction of sp³-hybridized carbons (Fsp3) is 0.400. The van der Waals surface area contributed by atoms with Gasteiger partial charge in [-0.1, -0.05) is 29.8 Å². The second-order valence-corrected chi connectivity index (χ2v) is 5.05. The van der Waals surface area contributed by atoms with Crippen LogP contribution in [0.5, 0.6) is 0 Å². The van der Waals surface area contributed by atoms with Crippen molar-refractivity contribution in [2.24, 2.45) is 0 Å². The summed E-state index contributed by atoms with van der Waals surface area (Å²) >= 11 is 0. The number of nitrogens with zero attached hydrogens (tertiary/aromatic N) is 2. The molecule has 2 aromatic rings. The molecule has 3 nitrogen and oxygen atoms in total. The molecule has 0 saturated heterocycles. The molecule has 0 amide bonds. The van der Waals surface area contributed by atoms with Crippen molar-refractivity contribution in [3.63, 3.8) is 0 Å². The van der Waals surface area contributed by atoms with E-state index >= 15 is 0 Å². The fourth-order valence-corrected chi connectivity index (χ4v) is 2.71. The van der Waals surface area contributed by atoms with Crippen LogP contribution in [0.3, 0.4) is 0 Å². The number of aliphatic hydroxyl groups excluding tert-OH is 1. The molecule has 0 bridgehead atoms. The van der Waals surface area contributed by atoms with Crippen LogP contribution in [0.15, 0.2) is 30.5 Å². The number of aliphatic hydroxyl groups is 1. The van der Waals surface area contributed by atoms with E-state index in [0.717, 1.165) is 30.8 Å². The Balaban J connectivity index is 2.04. The Morgan fingerprint density at radius 3 is 2.83 bits per heavy atom. The number of benzene rings is 1. The van der Waals surface area contributed by atoms with Crippen molar-refractivity contribution in [2.45, 2.75) is 32.2 Å². The van der Waals surface area contributed by atoms with Gasteiger partial charge in [0.15, 0.2) is 0 Å². The average molecular weight is 242 g/mol. The van der Waals surface area contributed by atoms with Crippen molar-refractivity contribution < 1.29 is 5.11 Å². The largest absolute Gasteiger partial charge is 0.396 e. The SMILES string of the molecule is Cc1ccc(-c2ncc3n2CCCC3CO)cc1. The highest BCUT2D eigenvalue weighted by atomic mass is 16.3. The third-order valence-corrected chi connectivity index (χ3v) is 3.77. The molecule has 1 aromatic heterocycles. The van der Waals surface area contributed by atoms with Gasteiger partial charge in [0.25, 0.3) is 0 Å². The quantitative estimate of drug-likeness (QED) is 0.879. The number of aryl methyl sites for hydroxylation is 1. The molecule has 0 aliphatic carbocycles. The molecule has 1 aromatic carbocycles. The normalized spacial score (nSPS) is 18.7. The molecule has 0 spiro atoms. The van der Waals surface area contributed by atoms with Crippen LogP contribution in [-0.2, 0) is 6.54 Å². The van der Waals surface area contributed by atoms with Gasteiger partial charge in [-0.3, -0.25) is 0 Å². The summed E-state index contributed by atoms with van der Waals surface area (Å²) in [6.07, 6.45) is 4.11. The zero-order valence-corrected chi connectivity index (χ0v) is 10.6. The van der Waals surface area contributed by atoms with Gasteiger partial charge in [0.05, 0.1) is 6.61 Å². The Labute approximate surface area is 107 Å². The van der Waals surface area contributed by atoms with E-state index in [1.165, 1.54) is 11.3 Å². The first-order valence-corrected chi connectivity index (χ1v) is 6.53. The standard InChI is InChI=1S/C15H18N2O/c1-11-4-6-12(7-5-11)15-16-9-14-13(10-18)3-2-8-17(14)15/h4-7,9,13,18H,2-3,8,10H2,1H3. The number of imidazole rings is 1. The molecule has 0 radical (unpaired) electrons. The topological polar surface area (TPSA) is 38.0 Å². The number of rotatable bonds is 2. The highest BCUT2D eigenvalue weighted by Crippen LogP contribution is 2.31. The summed E-state index contributed by atoms with van der Waals surface area (Å²) in [5.41, 5.74) is 3.60. The Hall–Kier alpha value is -1.61. The Kier molecular flexibility index (Phi) is 2.92. The summed E-state index contributed by atoms with van der Waals surface area (Å²) in [5, 5.41) is 9.41. The van der Waals surface area contributed by atoms with E-state index in [-0.39, 0.29) is 12.5 Å². The van der Waals surface area contributed by atoms with Gasteiger partial charge < -0.3 is 9.67 Å². The van der Waals surface area contributed by atoms with Crippen molar-refractivity contribution >= 4 is 0 Å². The minimum Gasteiger partial charge on any atom is -0.396 e. The molecule has 0 saturated carbocycles. The zero-order chi connectivity index (χ0) is 12.5. The molecule has 1 aliphatic rings. The van der Waals surface area contributed by atoms with E-state index in [2.05, 4.69) is 40.7 Å². The van der Waals surface area contributed by atoms with Crippen LogP contribution in [0, 0.1) is 6.92 Å². The van der Waals surface area contributed by atoms with Gasteiger partial charge in [0, 0.05) is 29.9 Å². The third kappa shape index (κ3) is 1.85. The molecule has 94 valence electrons. The molecule has 1 atom stereocenters. The maximum absolute atomic E-state index is 9.41. The number of hydrogen-bond acceptors (Lipinski definition) is 2. The minimum absolute atomic E-state index is 0.221. The van der Waals surface area contributed by atoms with Crippen LogP contribution in [0.1, 0.15) is 30.0 Å². The molecule has 3 rings (SSSR count). The summed E-state index contributed by atoms with van der Waals surface area (Å²) in [7, 11) is 0. The second kappa shape index (κ2) is 4.58. The van der Waals surface area contributed by atoms with Gasteiger partial charge >= 0.3 is 0 Å². The lowest BCUT2D eigenvalue weighted by atomic mass is 9.97. The van der Waals surface area contributed by atoms with E-state index in [1.54, 1.807) is 0 Å².